The zero-order chi connectivity index (χ0) is 22.1. The fraction of sp³-hybridized carbons (Fsp3) is 0.174. The average Bonchev–Trinajstić information content (AvgIpc) is 2.77. The minimum atomic E-state index is -0.939. The molecular weight excluding hydrogens is 400 g/mol. The summed E-state index contributed by atoms with van der Waals surface area (Å²) in [6.45, 7) is 0.0839. The van der Waals surface area contributed by atoms with Gasteiger partial charge in [-0.2, -0.15) is 0 Å². The molecule has 0 amide bonds. The first kappa shape index (κ1) is 21.6. The molecule has 1 N–H and O–H groups in total. The lowest BCUT2D eigenvalue weighted by molar-refractivity contribution is -0.136. The smallest absolute Gasteiger partial charge is 0.307 e. The number of ether oxygens (including phenoxy) is 3. The number of pyridine rings is 1. The minimum absolute atomic E-state index is 0.0839. The van der Waals surface area contributed by atoms with E-state index in [4.69, 9.17) is 24.2 Å². The summed E-state index contributed by atoms with van der Waals surface area (Å²) >= 11 is 0. The maximum Gasteiger partial charge on any atom is 0.307 e. The van der Waals surface area contributed by atoms with Crippen molar-refractivity contribution in [1.82, 2.24) is 4.98 Å². The Morgan fingerprint density at radius 2 is 1.84 bits per heavy atom. The third-order valence-corrected chi connectivity index (χ3v) is 4.14. The molecular formula is C23H22N2O6. The first-order valence-electron chi connectivity index (χ1n) is 9.39. The zero-order valence-corrected chi connectivity index (χ0v) is 17.1. The van der Waals surface area contributed by atoms with Crippen molar-refractivity contribution < 1.29 is 28.9 Å². The Morgan fingerprint density at radius 1 is 1.00 bits per heavy atom. The van der Waals surface area contributed by atoms with Gasteiger partial charge >= 0.3 is 5.97 Å². The van der Waals surface area contributed by atoms with Crippen LogP contribution < -0.4 is 14.2 Å². The Bertz CT molecular complexity index is 1050. The van der Waals surface area contributed by atoms with Crippen molar-refractivity contribution in [3.05, 3.63) is 78.0 Å². The summed E-state index contributed by atoms with van der Waals surface area (Å²) in [5.74, 6) is 1.09. The van der Waals surface area contributed by atoms with E-state index >= 15 is 0 Å². The van der Waals surface area contributed by atoms with E-state index in [0.29, 0.717) is 34.4 Å². The number of hydrogen-bond donors (Lipinski definition) is 1. The summed E-state index contributed by atoms with van der Waals surface area (Å²) in [6.07, 6.45) is 1.51. The largest absolute Gasteiger partial charge is 0.497 e. The van der Waals surface area contributed by atoms with E-state index in [9.17, 15) is 4.79 Å². The van der Waals surface area contributed by atoms with Crippen LogP contribution in [0.4, 0.5) is 0 Å². The quantitative estimate of drug-likeness (QED) is 0.390. The summed E-state index contributed by atoms with van der Waals surface area (Å²) in [5.41, 5.74) is 1.83. The zero-order valence-electron chi connectivity index (χ0n) is 17.1. The van der Waals surface area contributed by atoms with Crippen molar-refractivity contribution in [3.8, 4) is 23.1 Å². The Labute approximate surface area is 179 Å². The van der Waals surface area contributed by atoms with E-state index in [2.05, 4.69) is 10.1 Å². The first-order chi connectivity index (χ1) is 15.1. The molecule has 0 atom stereocenters. The second-order valence-corrected chi connectivity index (χ2v) is 6.39. The first-order valence-corrected chi connectivity index (χ1v) is 9.39. The van der Waals surface area contributed by atoms with Crippen LogP contribution in [0, 0.1) is 0 Å². The van der Waals surface area contributed by atoms with Crippen LogP contribution in [0.2, 0.25) is 0 Å². The predicted molar refractivity (Wildman–Crippen MR) is 114 cm³/mol. The number of carboxylic acids is 1. The van der Waals surface area contributed by atoms with E-state index in [-0.39, 0.29) is 13.0 Å². The second kappa shape index (κ2) is 10.6. The van der Waals surface area contributed by atoms with E-state index in [1.165, 1.54) is 14.2 Å². The molecule has 0 fully saturated rings. The van der Waals surface area contributed by atoms with Gasteiger partial charge in [0, 0.05) is 23.9 Å². The third-order valence-electron chi connectivity index (χ3n) is 4.14. The maximum absolute atomic E-state index is 11.0. The number of oxime groups is 1. The number of aromatic nitrogens is 1. The molecule has 3 rings (SSSR count). The van der Waals surface area contributed by atoms with Crippen LogP contribution in [0.25, 0.3) is 0 Å². The molecule has 8 heteroatoms. The molecule has 160 valence electrons. The van der Waals surface area contributed by atoms with Gasteiger partial charge in [-0.05, 0) is 35.9 Å². The average molecular weight is 422 g/mol. The van der Waals surface area contributed by atoms with Crippen LogP contribution in [-0.2, 0) is 16.1 Å². The Balaban J connectivity index is 1.77. The second-order valence-electron chi connectivity index (χ2n) is 6.39. The molecule has 0 aliphatic heterocycles. The van der Waals surface area contributed by atoms with Crippen LogP contribution in [0.15, 0.2) is 72.0 Å². The van der Waals surface area contributed by atoms with E-state index < -0.39 is 5.97 Å². The fourth-order valence-corrected chi connectivity index (χ4v) is 2.80. The molecule has 3 aromatic rings. The maximum atomic E-state index is 11.0. The molecule has 0 bridgehead atoms. The summed E-state index contributed by atoms with van der Waals surface area (Å²) in [4.78, 5) is 20.2. The lowest BCUT2D eigenvalue weighted by Gasteiger charge is -2.12. The molecule has 1 heterocycles. The van der Waals surface area contributed by atoms with Crippen LogP contribution >= 0.6 is 0 Å². The Morgan fingerprint density at radius 3 is 2.55 bits per heavy atom. The Kier molecular flexibility index (Phi) is 7.42. The minimum Gasteiger partial charge on any atom is -0.497 e. The van der Waals surface area contributed by atoms with Crippen LogP contribution in [-0.4, -0.2) is 42.6 Å². The number of carboxylic acid groups (broad SMARTS) is 1. The fourth-order valence-electron chi connectivity index (χ4n) is 2.80. The highest BCUT2D eigenvalue weighted by atomic mass is 16.6. The molecule has 0 spiro atoms. The number of nitrogens with zero attached hydrogens (tertiary/aromatic N) is 2. The van der Waals surface area contributed by atoms with Crippen LogP contribution in [0.3, 0.4) is 0 Å². The number of rotatable bonds is 10. The Hall–Kier alpha value is -4.07. The van der Waals surface area contributed by atoms with Gasteiger partial charge in [0.25, 0.3) is 0 Å². The lowest BCUT2D eigenvalue weighted by atomic mass is 10.1. The topological polar surface area (TPSA) is 99.5 Å². The number of aliphatic carboxylic acids is 1. The van der Waals surface area contributed by atoms with Gasteiger partial charge < -0.3 is 24.2 Å². The third kappa shape index (κ3) is 6.46. The van der Waals surface area contributed by atoms with Gasteiger partial charge in [0.15, 0.2) is 0 Å². The predicted octanol–water partition coefficient (Wildman–Crippen LogP) is 3.94. The monoisotopic (exact) mass is 422 g/mol. The molecule has 2 aromatic carbocycles. The highest BCUT2D eigenvalue weighted by Gasteiger charge is 2.11. The van der Waals surface area contributed by atoms with Crippen molar-refractivity contribution in [2.75, 3.05) is 20.8 Å². The van der Waals surface area contributed by atoms with E-state index in [1.807, 2.05) is 30.3 Å². The standard InChI is InChI=1S/C23H22N2O6/c1-28-19-10-16(12-23(26)27)11-20(14-19)30-15-21(25-29-2)17-6-5-7-18(13-17)31-22-8-3-4-9-24-22/h3-11,13-14H,12,15H2,1-2H3,(H,26,27)/b25-21+. The highest BCUT2D eigenvalue weighted by Crippen LogP contribution is 2.24. The summed E-state index contributed by atoms with van der Waals surface area (Å²) in [7, 11) is 2.96. The van der Waals surface area contributed by atoms with Gasteiger partial charge in [0.2, 0.25) is 5.88 Å². The molecule has 0 saturated heterocycles. The van der Waals surface area contributed by atoms with Gasteiger partial charge in [0.1, 0.15) is 36.7 Å². The van der Waals surface area contributed by atoms with Gasteiger partial charge in [-0.15, -0.1) is 0 Å². The van der Waals surface area contributed by atoms with Gasteiger partial charge in [-0.3, -0.25) is 4.79 Å². The van der Waals surface area contributed by atoms with Crippen LogP contribution in [0.1, 0.15) is 11.1 Å². The van der Waals surface area contributed by atoms with E-state index in [1.54, 1.807) is 36.5 Å². The van der Waals surface area contributed by atoms with Crippen molar-refractivity contribution in [2.24, 2.45) is 5.16 Å². The molecule has 8 nitrogen and oxygen atoms in total. The van der Waals surface area contributed by atoms with E-state index in [0.717, 1.165) is 5.56 Å². The molecule has 31 heavy (non-hydrogen) atoms. The van der Waals surface area contributed by atoms with Crippen LogP contribution in [0.5, 0.6) is 23.1 Å². The molecule has 0 aliphatic rings. The number of carbonyl (C=O) groups is 1. The SMILES string of the molecule is CO/N=C(\COc1cc(CC(=O)O)cc(OC)c1)c1cccc(Oc2ccccn2)c1. The molecule has 0 radical (unpaired) electrons. The molecule has 0 unspecified atom stereocenters. The van der Waals surface area contributed by atoms with Gasteiger partial charge in [0.05, 0.1) is 13.5 Å². The summed E-state index contributed by atoms with van der Waals surface area (Å²) in [6, 6.07) is 17.7. The molecule has 0 saturated carbocycles. The summed E-state index contributed by atoms with van der Waals surface area (Å²) in [5, 5.41) is 13.1. The molecule has 0 aliphatic carbocycles. The van der Waals surface area contributed by atoms with Crippen molar-refractivity contribution >= 4 is 11.7 Å². The van der Waals surface area contributed by atoms with Crippen molar-refractivity contribution in [1.29, 1.82) is 0 Å². The highest BCUT2D eigenvalue weighted by molar-refractivity contribution is 6.01. The number of hydrogen-bond acceptors (Lipinski definition) is 7. The van der Waals surface area contributed by atoms with Crippen molar-refractivity contribution in [3.63, 3.8) is 0 Å². The normalized spacial score (nSPS) is 11.0. The molecule has 1 aromatic heterocycles. The summed E-state index contributed by atoms with van der Waals surface area (Å²) < 4.78 is 16.9. The lowest BCUT2D eigenvalue weighted by Crippen LogP contribution is -2.14. The van der Waals surface area contributed by atoms with Gasteiger partial charge in [-0.1, -0.05) is 23.4 Å². The number of benzene rings is 2. The number of methoxy groups -OCH3 is 1. The van der Waals surface area contributed by atoms with Crippen molar-refractivity contribution in [2.45, 2.75) is 6.42 Å². The van der Waals surface area contributed by atoms with Gasteiger partial charge in [-0.25, -0.2) is 4.98 Å².